The molecule has 1 atom stereocenters. The molecule has 27 heavy (non-hydrogen) atoms. The second-order valence-electron chi connectivity index (χ2n) is 7.38. The zero-order valence-corrected chi connectivity index (χ0v) is 15.2. The molecule has 3 nitrogen and oxygen atoms in total. The Labute approximate surface area is 158 Å². The van der Waals surface area contributed by atoms with Gasteiger partial charge in [0.05, 0.1) is 5.69 Å². The maximum absolute atomic E-state index is 13.4. The third kappa shape index (κ3) is 3.00. The van der Waals surface area contributed by atoms with Crippen molar-refractivity contribution in [1.82, 2.24) is 14.9 Å². The van der Waals surface area contributed by atoms with Gasteiger partial charge < -0.3 is 4.98 Å². The summed E-state index contributed by atoms with van der Waals surface area (Å²) < 4.78 is 13.4. The predicted octanol–water partition coefficient (Wildman–Crippen LogP) is 5.13. The van der Waals surface area contributed by atoms with E-state index in [-0.39, 0.29) is 5.82 Å². The van der Waals surface area contributed by atoms with Gasteiger partial charge in [0.25, 0.3) is 0 Å². The second-order valence-corrected chi connectivity index (χ2v) is 7.38. The number of aromatic nitrogens is 2. The first-order chi connectivity index (χ1) is 13.3. The van der Waals surface area contributed by atoms with Crippen LogP contribution in [0.25, 0.3) is 28.0 Å². The first-order valence-corrected chi connectivity index (χ1v) is 9.62. The molecular formula is C23H22FN3. The Kier molecular flexibility index (Phi) is 4.13. The molecule has 1 N–H and O–H groups in total. The lowest BCUT2D eigenvalue weighted by Crippen LogP contribution is -2.32. The van der Waals surface area contributed by atoms with Crippen LogP contribution in [0.15, 0.2) is 61.1 Å². The number of nitrogens with zero attached hydrogens (tertiary/aromatic N) is 2. The minimum Gasteiger partial charge on any atom is -0.360 e. The molecule has 1 aromatic carbocycles. The number of hydrogen-bond donors (Lipinski definition) is 1. The molecule has 1 saturated heterocycles. The maximum Gasteiger partial charge on any atom is 0.123 e. The van der Waals surface area contributed by atoms with Gasteiger partial charge in [-0.3, -0.25) is 9.88 Å². The largest absolute Gasteiger partial charge is 0.360 e. The van der Waals surface area contributed by atoms with E-state index in [9.17, 15) is 4.39 Å². The second kappa shape index (κ2) is 6.78. The summed E-state index contributed by atoms with van der Waals surface area (Å²) in [6, 6.07) is 11.4. The van der Waals surface area contributed by atoms with E-state index in [0.29, 0.717) is 6.04 Å². The number of H-pyrrole nitrogens is 1. The fraction of sp³-hybridized carbons (Fsp3) is 0.261. The van der Waals surface area contributed by atoms with Crippen LogP contribution >= 0.6 is 0 Å². The fourth-order valence-corrected chi connectivity index (χ4v) is 4.46. The van der Waals surface area contributed by atoms with Crippen LogP contribution in [-0.2, 0) is 0 Å². The molecule has 136 valence electrons. The highest BCUT2D eigenvalue weighted by atomic mass is 19.1. The van der Waals surface area contributed by atoms with Crippen LogP contribution in [0.4, 0.5) is 4.39 Å². The van der Waals surface area contributed by atoms with Gasteiger partial charge in [-0.15, -0.1) is 0 Å². The molecule has 5 rings (SSSR count). The Morgan fingerprint density at radius 2 is 1.81 bits per heavy atom. The summed E-state index contributed by atoms with van der Waals surface area (Å²) in [5, 5.41) is 0. The van der Waals surface area contributed by atoms with E-state index in [1.54, 1.807) is 0 Å². The van der Waals surface area contributed by atoms with Crippen LogP contribution < -0.4 is 0 Å². The van der Waals surface area contributed by atoms with E-state index in [4.69, 9.17) is 0 Å². The van der Waals surface area contributed by atoms with Crippen molar-refractivity contribution in [1.29, 1.82) is 0 Å². The zero-order chi connectivity index (χ0) is 18.2. The summed E-state index contributed by atoms with van der Waals surface area (Å²) in [5.41, 5.74) is 7.01. The molecule has 2 aromatic heterocycles. The van der Waals surface area contributed by atoms with E-state index in [0.717, 1.165) is 29.8 Å². The fourth-order valence-electron chi connectivity index (χ4n) is 4.46. The SMILES string of the molecule is Fc1ccc(-c2[nH]cc(C3=C[C@H]4CCCN4CC3)c2-c2ccncc2)cc1. The van der Waals surface area contributed by atoms with Crippen LogP contribution in [0.1, 0.15) is 24.8 Å². The number of aromatic amines is 1. The number of pyridine rings is 1. The molecule has 0 radical (unpaired) electrons. The average molecular weight is 359 g/mol. The molecule has 4 heterocycles. The lowest BCUT2D eigenvalue weighted by Gasteiger charge is -2.28. The molecule has 0 saturated carbocycles. The van der Waals surface area contributed by atoms with Crippen LogP contribution in [-0.4, -0.2) is 34.0 Å². The quantitative estimate of drug-likeness (QED) is 0.703. The number of benzene rings is 1. The summed E-state index contributed by atoms with van der Waals surface area (Å²) in [5.74, 6) is -0.215. The third-order valence-electron chi connectivity index (χ3n) is 5.80. The van der Waals surface area contributed by atoms with E-state index in [1.807, 2.05) is 36.7 Å². The van der Waals surface area contributed by atoms with Crippen molar-refractivity contribution in [2.75, 3.05) is 13.1 Å². The van der Waals surface area contributed by atoms with Crippen LogP contribution in [0, 0.1) is 5.82 Å². The number of halogens is 1. The molecule has 2 aliphatic heterocycles. The highest BCUT2D eigenvalue weighted by Gasteiger charge is 2.28. The van der Waals surface area contributed by atoms with Crippen molar-refractivity contribution in [3.8, 4) is 22.4 Å². The lowest BCUT2D eigenvalue weighted by molar-refractivity contribution is 0.288. The Morgan fingerprint density at radius 3 is 2.63 bits per heavy atom. The topological polar surface area (TPSA) is 31.9 Å². The normalized spacial score (nSPS) is 19.7. The Balaban J connectivity index is 1.65. The first-order valence-electron chi connectivity index (χ1n) is 9.62. The van der Waals surface area contributed by atoms with Crippen molar-refractivity contribution in [3.63, 3.8) is 0 Å². The predicted molar refractivity (Wildman–Crippen MR) is 107 cm³/mol. The van der Waals surface area contributed by atoms with Crippen LogP contribution in [0.2, 0.25) is 0 Å². The van der Waals surface area contributed by atoms with Crippen molar-refractivity contribution < 1.29 is 4.39 Å². The Hall–Kier alpha value is -2.72. The molecule has 4 heteroatoms. The smallest absolute Gasteiger partial charge is 0.123 e. The molecule has 1 fully saturated rings. The summed E-state index contributed by atoms with van der Waals surface area (Å²) in [6.07, 6.45) is 11.8. The average Bonchev–Trinajstić information content (AvgIpc) is 3.35. The number of hydrogen-bond acceptors (Lipinski definition) is 2. The van der Waals surface area contributed by atoms with Gasteiger partial charge in [-0.1, -0.05) is 6.08 Å². The van der Waals surface area contributed by atoms with Gasteiger partial charge >= 0.3 is 0 Å². The third-order valence-corrected chi connectivity index (χ3v) is 5.80. The van der Waals surface area contributed by atoms with Crippen molar-refractivity contribution >= 4 is 5.57 Å². The van der Waals surface area contributed by atoms with E-state index < -0.39 is 0 Å². The lowest BCUT2D eigenvalue weighted by atomic mass is 9.90. The molecule has 0 amide bonds. The molecule has 0 bridgehead atoms. The molecular weight excluding hydrogens is 337 g/mol. The van der Waals surface area contributed by atoms with E-state index in [2.05, 4.69) is 27.1 Å². The summed E-state index contributed by atoms with van der Waals surface area (Å²) in [6.45, 7) is 2.35. The minimum absolute atomic E-state index is 0.215. The van der Waals surface area contributed by atoms with Gasteiger partial charge in [-0.25, -0.2) is 4.39 Å². The van der Waals surface area contributed by atoms with Gasteiger partial charge in [0.2, 0.25) is 0 Å². The number of nitrogens with one attached hydrogen (secondary N) is 1. The van der Waals surface area contributed by atoms with Gasteiger partial charge in [0, 0.05) is 42.3 Å². The molecule has 0 spiro atoms. The first kappa shape index (κ1) is 16.5. The van der Waals surface area contributed by atoms with Crippen molar-refractivity contribution in [2.45, 2.75) is 25.3 Å². The number of rotatable bonds is 3. The summed E-state index contributed by atoms with van der Waals surface area (Å²) in [7, 11) is 0. The monoisotopic (exact) mass is 359 g/mol. The standard InChI is InChI=1S/C23H22FN3/c24-19-5-3-17(4-6-19)23-22(16-7-10-25-11-8-16)21(15-26-23)18-9-13-27-12-1-2-20(27)14-18/h3-8,10-11,14-15,20,26H,1-2,9,12-13H2/t20-/m1/s1. The van der Waals surface area contributed by atoms with E-state index in [1.165, 1.54) is 48.2 Å². The highest BCUT2D eigenvalue weighted by molar-refractivity contribution is 5.91. The minimum atomic E-state index is -0.215. The summed E-state index contributed by atoms with van der Waals surface area (Å²) >= 11 is 0. The van der Waals surface area contributed by atoms with Gasteiger partial charge in [-0.2, -0.15) is 0 Å². The molecule has 3 aromatic rings. The highest BCUT2D eigenvalue weighted by Crippen LogP contribution is 2.40. The molecule has 0 aliphatic carbocycles. The van der Waals surface area contributed by atoms with Crippen LogP contribution in [0.3, 0.4) is 0 Å². The van der Waals surface area contributed by atoms with Gasteiger partial charge in [-0.05, 0) is 78.9 Å². The maximum atomic E-state index is 13.4. The summed E-state index contributed by atoms with van der Waals surface area (Å²) in [4.78, 5) is 10.2. The number of fused-ring (bicyclic) bond motifs is 1. The van der Waals surface area contributed by atoms with E-state index >= 15 is 0 Å². The van der Waals surface area contributed by atoms with Gasteiger partial charge in [0.15, 0.2) is 0 Å². The molecule has 0 unspecified atom stereocenters. The van der Waals surface area contributed by atoms with Crippen molar-refractivity contribution in [3.05, 3.63) is 72.4 Å². The van der Waals surface area contributed by atoms with Crippen molar-refractivity contribution in [2.24, 2.45) is 0 Å². The van der Waals surface area contributed by atoms with Gasteiger partial charge in [0.1, 0.15) is 5.82 Å². The Bertz CT molecular complexity index is 973. The Morgan fingerprint density at radius 1 is 1.00 bits per heavy atom. The molecule has 2 aliphatic rings. The van der Waals surface area contributed by atoms with Crippen LogP contribution in [0.5, 0.6) is 0 Å². The zero-order valence-electron chi connectivity index (χ0n) is 15.2.